The van der Waals surface area contributed by atoms with Crippen molar-refractivity contribution < 1.29 is 4.74 Å². The van der Waals surface area contributed by atoms with E-state index in [0.717, 1.165) is 18.5 Å². The van der Waals surface area contributed by atoms with Crippen molar-refractivity contribution in [1.29, 1.82) is 0 Å². The molecule has 1 unspecified atom stereocenters. The van der Waals surface area contributed by atoms with Crippen LogP contribution in [0.3, 0.4) is 0 Å². The molecule has 21 heavy (non-hydrogen) atoms. The molecule has 1 atom stereocenters. The lowest BCUT2D eigenvalue weighted by Crippen LogP contribution is -2.38. The molecule has 0 radical (unpaired) electrons. The fourth-order valence-electron chi connectivity index (χ4n) is 3.06. The highest BCUT2D eigenvalue weighted by Crippen LogP contribution is 2.27. The molecule has 112 valence electrons. The molecule has 1 saturated carbocycles. The van der Waals surface area contributed by atoms with Gasteiger partial charge in [0, 0.05) is 18.5 Å². The summed E-state index contributed by atoms with van der Waals surface area (Å²) in [5, 5.41) is 5.95. The maximum absolute atomic E-state index is 5.46. The van der Waals surface area contributed by atoms with Crippen molar-refractivity contribution in [3.8, 4) is 0 Å². The first-order chi connectivity index (χ1) is 10.4. The molecule has 0 amide bonds. The average Bonchev–Trinajstić information content (AvgIpc) is 3.08. The van der Waals surface area contributed by atoms with Crippen LogP contribution >= 0.6 is 11.3 Å². The Morgan fingerprint density at radius 3 is 2.57 bits per heavy atom. The molecule has 1 aliphatic rings. The van der Waals surface area contributed by atoms with Gasteiger partial charge < -0.3 is 10.1 Å². The van der Waals surface area contributed by atoms with Crippen molar-refractivity contribution in [2.24, 2.45) is 0 Å². The predicted octanol–water partition coefficient (Wildman–Crippen LogP) is 3.78. The standard InChI is InChI=1S/C17H22N2OS/c1-20-15-9-7-14(8-10-15)19-17(16-11-21-12-18-16)13-5-3-2-4-6-13/h2-6,11-12,14-15,17,19H,7-10H2,1H3. The van der Waals surface area contributed by atoms with Crippen LogP contribution in [-0.2, 0) is 4.74 Å². The Morgan fingerprint density at radius 2 is 1.95 bits per heavy atom. The highest BCUT2D eigenvalue weighted by Gasteiger charge is 2.25. The van der Waals surface area contributed by atoms with Crippen LogP contribution in [0.25, 0.3) is 0 Å². The summed E-state index contributed by atoms with van der Waals surface area (Å²) in [4.78, 5) is 4.52. The Kier molecular flexibility index (Phi) is 5.01. The number of rotatable bonds is 5. The van der Waals surface area contributed by atoms with Crippen LogP contribution in [-0.4, -0.2) is 24.2 Å². The zero-order valence-corrected chi connectivity index (χ0v) is 13.2. The number of aromatic nitrogens is 1. The van der Waals surface area contributed by atoms with Gasteiger partial charge in [0.2, 0.25) is 0 Å². The number of benzene rings is 1. The van der Waals surface area contributed by atoms with Gasteiger partial charge >= 0.3 is 0 Å². The fraction of sp³-hybridized carbons (Fsp3) is 0.471. The summed E-state index contributed by atoms with van der Waals surface area (Å²) in [5.74, 6) is 0. The van der Waals surface area contributed by atoms with E-state index in [-0.39, 0.29) is 6.04 Å². The molecule has 3 nitrogen and oxygen atoms in total. The topological polar surface area (TPSA) is 34.1 Å². The highest BCUT2D eigenvalue weighted by atomic mass is 32.1. The van der Waals surface area contributed by atoms with Crippen LogP contribution in [0.1, 0.15) is 43.0 Å². The van der Waals surface area contributed by atoms with E-state index >= 15 is 0 Å². The second-order valence-corrected chi connectivity index (χ2v) is 6.35. The molecule has 1 N–H and O–H groups in total. The molecule has 0 saturated heterocycles. The van der Waals surface area contributed by atoms with Gasteiger partial charge in [-0.05, 0) is 31.2 Å². The molecule has 4 heteroatoms. The van der Waals surface area contributed by atoms with E-state index < -0.39 is 0 Å². The van der Waals surface area contributed by atoms with Crippen LogP contribution < -0.4 is 5.32 Å². The number of hydrogen-bond donors (Lipinski definition) is 1. The maximum atomic E-state index is 5.46. The quantitative estimate of drug-likeness (QED) is 0.912. The van der Waals surface area contributed by atoms with E-state index in [1.54, 1.807) is 11.3 Å². The Morgan fingerprint density at radius 1 is 1.19 bits per heavy atom. The van der Waals surface area contributed by atoms with Crippen LogP contribution in [0, 0.1) is 0 Å². The molecular formula is C17H22N2OS. The summed E-state index contributed by atoms with van der Waals surface area (Å²) >= 11 is 1.66. The number of thiazole rings is 1. The van der Waals surface area contributed by atoms with Gasteiger partial charge in [0.25, 0.3) is 0 Å². The molecule has 0 bridgehead atoms. The lowest BCUT2D eigenvalue weighted by Gasteiger charge is -2.31. The van der Waals surface area contributed by atoms with Crippen molar-refractivity contribution in [2.45, 2.75) is 43.9 Å². The minimum Gasteiger partial charge on any atom is -0.381 e. The van der Waals surface area contributed by atoms with Gasteiger partial charge in [-0.2, -0.15) is 0 Å². The van der Waals surface area contributed by atoms with E-state index in [9.17, 15) is 0 Å². The molecule has 0 aliphatic heterocycles. The van der Waals surface area contributed by atoms with Crippen molar-refractivity contribution in [3.05, 3.63) is 52.5 Å². The number of nitrogens with one attached hydrogen (secondary N) is 1. The van der Waals surface area contributed by atoms with Crippen molar-refractivity contribution >= 4 is 11.3 Å². The lowest BCUT2D eigenvalue weighted by molar-refractivity contribution is 0.0616. The fourth-order valence-corrected chi connectivity index (χ4v) is 3.64. The number of methoxy groups -OCH3 is 1. The monoisotopic (exact) mass is 302 g/mol. The molecule has 1 aromatic carbocycles. The molecular weight excluding hydrogens is 280 g/mol. The Bertz CT molecular complexity index is 521. The third-order valence-electron chi connectivity index (χ3n) is 4.29. The van der Waals surface area contributed by atoms with E-state index in [2.05, 4.69) is 46.0 Å². The summed E-state index contributed by atoms with van der Waals surface area (Å²) in [6.07, 6.45) is 5.08. The Labute approximate surface area is 130 Å². The first-order valence-corrected chi connectivity index (χ1v) is 8.53. The largest absolute Gasteiger partial charge is 0.381 e. The average molecular weight is 302 g/mol. The normalized spacial score (nSPS) is 23.9. The Balaban J connectivity index is 1.72. The van der Waals surface area contributed by atoms with E-state index in [4.69, 9.17) is 4.74 Å². The van der Waals surface area contributed by atoms with Gasteiger partial charge in [-0.25, -0.2) is 4.98 Å². The van der Waals surface area contributed by atoms with Gasteiger partial charge in [-0.3, -0.25) is 0 Å². The number of ether oxygens (including phenoxy) is 1. The van der Waals surface area contributed by atoms with Gasteiger partial charge in [0.1, 0.15) is 0 Å². The molecule has 3 rings (SSSR count). The summed E-state index contributed by atoms with van der Waals surface area (Å²) in [5.41, 5.74) is 4.33. The zero-order chi connectivity index (χ0) is 14.5. The van der Waals surface area contributed by atoms with Crippen molar-refractivity contribution in [2.75, 3.05) is 7.11 Å². The third kappa shape index (κ3) is 3.70. The first kappa shape index (κ1) is 14.7. The number of nitrogens with zero attached hydrogens (tertiary/aromatic N) is 1. The second kappa shape index (κ2) is 7.16. The molecule has 1 aromatic heterocycles. The van der Waals surface area contributed by atoms with Crippen molar-refractivity contribution in [3.63, 3.8) is 0 Å². The van der Waals surface area contributed by atoms with Gasteiger partial charge in [-0.1, -0.05) is 30.3 Å². The minimum atomic E-state index is 0.196. The van der Waals surface area contributed by atoms with Crippen LogP contribution in [0.2, 0.25) is 0 Å². The molecule has 1 aliphatic carbocycles. The Hall–Kier alpha value is -1.23. The summed E-state index contributed by atoms with van der Waals surface area (Å²) in [6.45, 7) is 0. The zero-order valence-electron chi connectivity index (χ0n) is 12.4. The van der Waals surface area contributed by atoms with Crippen molar-refractivity contribution in [1.82, 2.24) is 10.3 Å². The predicted molar refractivity (Wildman–Crippen MR) is 86.6 cm³/mol. The van der Waals surface area contributed by atoms with E-state index in [0.29, 0.717) is 12.1 Å². The number of hydrogen-bond acceptors (Lipinski definition) is 4. The summed E-state index contributed by atoms with van der Waals surface area (Å²) in [7, 11) is 1.82. The SMILES string of the molecule is COC1CCC(NC(c2ccccc2)c2cscn2)CC1. The smallest absolute Gasteiger partial charge is 0.0795 e. The lowest BCUT2D eigenvalue weighted by atomic mass is 9.91. The minimum absolute atomic E-state index is 0.196. The van der Waals surface area contributed by atoms with Gasteiger partial charge in [0.05, 0.1) is 23.4 Å². The van der Waals surface area contributed by atoms with Gasteiger partial charge in [0.15, 0.2) is 0 Å². The highest BCUT2D eigenvalue weighted by molar-refractivity contribution is 7.07. The third-order valence-corrected chi connectivity index (χ3v) is 4.89. The molecule has 1 fully saturated rings. The summed E-state index contributed by atoms with van der Waals surface area (Å²) in [6, 6.07) is 11.3. The first-order valence-electron chi connectivity index (χ1n) is 7.58. The second-order valence-electron chi connectivity index (χ2n) is 5.63. The van der Waals surface area contributed by atoms with E-state index in [1.165, 1.54) is 18.4 Å². The van der Waals surface area contributed by atoms with Gasteiger partial charge in [-0.15, -0.1) is 11.3 Å². The molecule has 1 heterocycles. The van der Waals surface area contributed by atoms with Crippen LogP contribution in [0.15, 0.2) is 41.2 Å². The molecule has 2 aromatic rings. The van der Waals surface area contributed by atoms with E-state index in [1.807, 2.05) is 12.6 Å². The molecule has 0 spiro atoms. The van der Waals surface area contributed by atoms with Crippen LogP contribution in [0.5, 0.6) is 0 Å². The van der Waals surface area contributed by atoms with Crippen LogP contribution in [0.4, 0.5) is 0 Å². The maximum Gasteiger partial charge on any atom is 0.0795 e. The summed E-state index contributed by atoms with van der Waals surface area (Å²) < 4.78 is 5.46.